The van der Waals surface area contributed by atoms with Gasteiger partial charge in [-0.05, 0) is 12.1 Å². The van der Waals surface area contributed by atoms with E-state index in [9.17, 15) is 4.79 Å². The zero-order valence-electron chi connectivity index (χ0n) is 10.1. The molecule has 0 aliphatic heterocycles. The molecule has 18 heavy (non-hydrogen) atoms. The number of carbonyl (C=O) groups excluding carboxylic acids is 1. The molecule has 0 bridgehead atoms. The highest BCUT2D eigenvalue weighted by atomic mass is 35.5. The Morgan fingerprint density at radius 1 is 1.44 bits per heavy atom. The number of carbonyl (C=O) groups is 1. The molecule has 0 aliphatic rings. The first-order chi connectivity index (χ1) is 8.58. The van der Waals surface area contributed by atoms with E-state index >= 15 is 0 Å². The van der Waals surface area contributed by atoms with Crippen LogP contribution in [0.25, 0.3) is 0 Å². The quantitative estimate of drug-likeness (QED) is 0.812. The third kappa shape index (κ3) is 4.42. The molecule has 0 aliphatic carbocycles. The minimum atomic E-state index is -0.331. The number of aromatic nitrogens is 1. The van der Waals surface area contributed by atoms with Crippen molar-refractivity contribution in [2.24, 2.45) is 0 Å². The predicted molar refractivity (Wildman–Crippen MR) is 69.3 cm³/mol. The highest BCUT2D eigenvalue weighted by molar-refractivity contribution is 6.34. The van der Waals surface area contributed by atoms with E-state index in [1.165, 1.54) is 12.1 Å². The SMILES string of the molecule is COCC(CNC(=O)c1ccc(Cl)nc1Cl)OC. The monoisotopic (exact) mass is 292 g/mol. The van der Waals surface area contributed by atoms with Gasteiger partial charge >= 0.3 is 0 Å². The minimum absolute atomic E-state index is 0.0701. The second kappa shape index (κ2) is 7.53. The standard InChI is InChI=1S/C11H14Cl2N2O3/c1-17-6-7(18-2)5-14-11(16)8-3-4-9(12)15-10(8)13/h3-4,7H,5-6H2,1-2H3,(H,14,16). The number of ether oxygens (including phenoxy) is 2. The summed E-state index contributed by atoms with van der Waals surface area (Å²) >= 11 is 11.5. The van der Waals surface area contributed by atoms with Crippen LogP contribution in [0.3, 0.4) is 0 Å². The number of nitrogens with zero attached hydrogens (tertiary/aromatic N) is 1. The second-order valence-electron chi connectivity index (χ2n) is 3.50. The molecule has 0 radical (unpaired) electrons. The molecule has 0 saturated carbocycles. The van der Waals surface area contributed by atoms with Gasteiger partial charge in [-0.2, -0.15) is 0 Å². The molecule has 1 atom stereocenters. The minimum Gasteiger partial charge on any atom is -0.382 e. The summed E-state index contributed by atoms with van der Waals surface area (Å²) in [5.41, 5.74) is 0.272. The van der Waals surface area contributed by atoms with E-state index in [0.717, 1.165) is 0 Å². The molecule has 7 heteroatoms. The number of hydrogen-bond acceptors (Lipinski definition) is 4. The second-order valence-corrected chi connectivity index (χ2v) is 4.24. The van der Waals surface area contributed by atoms with Gasteiger partial charge in [-0.3, -0.25) is 4.79 Å². The molecule has 0 fully saturated rings. The lowest BCUT2D eigenvalue weighted by atomic mass is 10.2. The van der Waals surface area contributed by atoms with Crippen molar-refractivity contribution in [3.05, 3.63) is 28.0 Å². The number of pyridine rings is 1. The molecular formula is C11H14Cl2N2O3. The topological polar surface area (TPSA) is 60.5 Å². The molecule has 1 aromatic rings. The Morgan fingerprint density at radius 3 is 2.72 bits per heavy atom. The fourth-order valence-corrected chi connectivity index (χ4v) is 1.71. The third-order valence-corrected chi connectivity index (χ3v) is 2.73. The van der Waals surface area contributed by atoms with Crippen LogP contribution in [0.15, 0.2) is 12.1 Å². The van der Waals surface area contributed by atoms with Crippen LogP contribution < -0.4 is 5.32 Å². The van der Waals surface area contributed by atoms with E-state index in [2.05, 4.69) is 10.3 Å². The van der Waals surface area contributed by atoms with Crippen molar-refractivity contribution in [2.45, 2.75) is 6.10 Å². The number of methoxy groups -OCH3 is 2. The normalized spacial score (nSPS) is 12.2. The molecular weight excluding hydrogens is 279 g/mol. The molecule has 0 aromatic carbocycles. The Labute approximate surface area is 115 Å². The van der Waals surface area contributed by atoms with Gasteiger partial charge in [0.25, 0.3) is 5.91 Å². The lowest BCUT2D eigenvalue weighted by Crippen LogP contribution is -2.35. The van der Waals surface area contributed by atoms with Crippen LogP contribution in [-0.2, 0) is 9.47 Å². The number of halogens is 2. The molecule has 1 N–H and O–H groups in total. The molecule has 5 nitrogen and oxygen atoms in total. The van der Waals surface area contributed by atoms with Crippen molar-refractivity contribution in [3.63, 3.8) is 0 Å². The summed E-state index contributed by atoms with van der Waals surface area (Å²) in [4.78, 5) is 15.6. The predicted octanol–water partition coefficient (Wildman–Crippen LogP) is 1.78. The summed E-state index contributed by atoms with van der Waals surface area (Å²) in [6, 6.07) is 3.02. The Hall–Kier alpha value is -0.880. The number of hydrogen-bond donors (Lipinski definition) is 1. The van der Waals surface area contributed by atoms with Gasteiger partial charge in [0, 0.05) is 20.8 Å². The molecule has 1 heterocycles. The summed E-state index contributed by atoms with van der Waals surface area (Å²) in [5, 5.41) is 3.00. The summed E-state index contributed by atoms with van der Waals surface area (Å²) in [6.45, 7) is 0.714. The molecule has 100 valence electrons. The largest absolute Gasteiger partial charge is 0.382 e. The number of amides is 1. The van der Waals surface area contributed by atoms with Crippen LogP contribution in [-0.4, -0.2) is 44.4 Å². The lowest BCUT2D eigenvalue weighted by molar-refractivity contribution is 0.0285. The first-order valence-corrected chi connectivity index (χ1v) is 5.96. The van der Waals surface area contributed by atoms with E-state index in [4.69, 9.17) is 32.7 Å². The van der Waals surface area contributed by atoms with Crippen LogP contribution in [0, 0.1) is 0 Å². The van der Waals surface area contributed by atoms with E-state index in [1.807, 2.05) is 0 Å². The van der Waals surface area contributed by atoms with Gasteiger partial charge in [0.15, 0.2) is 0 Å². The number of nitrogens with one attached hydrogen (secondary N) is 1. The van der Waals surface area contributed by atoms with Crippen molar-refractivity contribution < 1.29 is 14.3 Å². The molecule has 1 unspecified atom stereocenters. The van der Waals surface area contributed by atoms with E-state index in [0.29, 0.717) is 13.2 Å². The Kier molecular flexibility index (Phi) is 6.35. The van der Waals surface area contributed by atoms with Crippen LogP contribution >= 0.6 is 23.2 Å². The summed E-state index contributed by atoms with van der Waals surface area (Å²) in [5.74, 6) is -0.331. The van der Waals surface area contributed by atoms with E-state index in [1.54, 1.807) is 14.2 Å². The molecule has 1 amide bonds. The lowest BCUT2D eigenvalue weighted by Gasteiger charge is -2.15. The number of rotatable bonds is 6. The van der Waals surface area contributed by atoms with Gasteiger partial charge in [-0.15, -0.1) is 0 Å². The van der Waals surface area contributed by atoms with Crippen molar-refractivity contribution in [3.8, 4) is 0 Å². The highest BCUT2D eigenvalue weighted by Gasteiger charge is 2.14. The average molecular weight is 293 g/mol. The molecule has 1 aromatic heterocycles. The van der Waals surface area contributed by atoms with Gasteiger partial charge in [-0.25, -0.2) is 4.98 Å². The Bertz CT molecular complexity index is 415. The first-order valence-electron chi connectivity index (χ1n) is 5.20. The van der Waals surface area contributed by atoms with Crippen molar-refractivity contribution in [1.82, 2.24) is 10.3 Å². The first kappa shape index (κ1) is 15.2. The Morgan fingerprint density at radius 2 is 2.17 bits per heavy atom. The van der Waals surface area contributed by atoms with E-state index < -0.39 is 0 Å². The van der Waals surface area contributed by atoms with E-state index in [-0.39, 0.29) is 27.9 Å². The maximum Gasteiger partial charge on any atom is 0.254 e. The van der Waals surface area contributed by atoms with Crippen LogP contribution in [0.2, 0.25) is 10.3 Å². The highest BCUT2D eigenvalue weighted by Crippen LogP contribution is 2.16. The molecule has 0 spiro atoms. The van der Waals surface area contributed by atoms with Crippen LogP contribution in [0.1, 0.15) is 10.4 Å². The zero-order chi connectivity index (χ0) is 13.5. The maximum absolute atomic E-state index is 11.8. The van der Waals surface area contributed by atoms with Gasteiger partial charge < -0.3 is 14.8 Å². The maximum atomic E-state index is 11.8. The summed E-state index contributed by atoms with van der Waals surface area (Å²) in [6.07, 6.45) is -0.210. The summed E-state index contributed by atoms with van der Waals surface area (Å²) < 4.78 is 10.1. The third-order valence-electron chi connectivity index (χ3n) is 2.24. The fraction of sp³-hybridized carbons (Fsp3) is 0.455. The smallest absolute Gasteiger partial charge is 0.254 e. The van der Waals surface area contributed by atoms with Gasteiger partial charge in [0.1, 0.15) is 10.3 Å². The average Bonchev–Trinajstić information content (AvgIpc) is 2.34. The van der Waals surface area contributed by atoms with Crippen molar-refractivity contribution in [2.75, 3.05) is 27.4 Å². The van der Waals surface area contributed by atoms with Crippen molar-refractivity contribution in [1.29, 1.82) is 0 Å². The summed E-state index contributed by atoms with van der Waals surface area (Å²) in [7, 11) is 3.11. The van der Waals surface area contributed by atoms with Crippen LogP contribution in [0.4, 0.5) is 0 Å². The van der Waals surface area contributed by atoms with Gasteiger partial charge in [0.2, 0.25) is 0 Å². The van der Waals surface area contributed by atoms with Gasteiger partial charge in [-0.1, -0.05) is 23.2 Å². The molecule has 1 rings (SSSR count). The Balaban J connectivity index is 2.59. The zero-order valence-corrected chi connectivity index (χ0v) is 11.6. The van der Waals surface area contributed by atoms with Gasteiger partial charge in [0.05, 0.1) is 18.3 Å². The van der Waals surface area contributed by atoms with Crippen LogP contribution in [0.5, 0.6) is 0 Å². The molecule has 0 saturated heterocycles. The fourth-order valence-electron chi connectivity index (χ4n) is 1.28. The van der Waals surface area contributed by atoms with Crippen molar-refractivity contribution >= 4 is 29.1 Å².